The van der Waals surface area contributed by atoms with Crippen molar-refractivity contribution in [2.24, 2.45) is 0 Å². The van der Waals surface area contributed by atoms with E-state index in [4.69, 9.17) is 23.2 Å². The van der Waals surface area contributed by atoms with Gasteiger partial charge in [0.25, 0.3) is 5.69 Å². The van der Waals surface area contributed by atoms with Crippen molar-refractivity contribution < 1.29 is 9.72 Å². The maximum Gasteiger partial charge on any atom is 0.271 e. The number of halogens is 2. The normalized spacial score (nSPS) is 10.7. The van der Waals surface area contributed by atoms with Crippen LogP contribution in [-0.4, -0.2) is 10.7 Å². The fraction of sp³-hybridized carbons (Fsp3) is 0.0625. The maximum absolute atomic E-state index is 12.0. The lowest BCUT2D eigenvalue weighted by molar-refractivity contribution is -0.384. The second kappa shape index (κ2) is 7.26. The molecule has 0 fully saturated rings. The minimum Gasteiger partial charge on any atom is -0.361 e. The molecule has 0 aromatic heterocycles. The number of anilines is 1. The number of aryl methyl sites for hydroxylation is 1. The average molecular weight is 351 g/mol. The van der Waals surface area contributed by atoms with Crippen LogP contribution in [0.2, 0.25) is 10.0 Å². The van der Waals surface area contributed by atoms with Crippen LogP contribution in [0, 0.1) is 17.0 Å². The number of hydrogen-bond acceptors (Lipinski definition) is 4. The maximum atomic E-state index is 12.0. The van der Waals surface area contributed by atoms with Gasteiger partial charge >= 0.3 is 0 Å². The first-order chi connectivity index (χ1) is 10.9. The van der Waals surface area contributed by atoms with Crippen LogP contribution in [0.3, 0.4) is 0 Å². The number of benzene rings is 2. The van der Waals surface area contributed by atoms with Gasteiger partial charge in [0.1, 0.15) is 0 Å². The number of carbonyl (C=O) groups is 1. The summed E-state index contributed by atoms with van der Waals surface area (Å²) < 4.78 is 0. The van der Waals surface area contributed by atoms with Crippen LogP contribution < -0.4 is 5.32 Å². The highest BCUT2D eigenvalue weighted by atomic mass is 35.5. The van der Waals surface area contributed by atoms with Crippen molar-refractivity contribution in [1.29, 1.82) is 0 Å². The largest absolute Gasteiger partial charge is 0.361 e. The summed E-state index contributed by atoms with van der Waals surface area (Å²) in [4.78, 5) is 22.3. The van der Waals surface area contributed by atoms with Gasteiger partial charge in [-0.25, -0.2) is 0 Å². The summed E-state index contributed by atoms with van der Waals surface area (Å²) in [5, 5.41) is 14.3. The van der Waals surface area contributed by atoms with E-state index in [1.54, 1.807) is 25.1 Å². The summed E-state index contributed by atoms with van der Waals surface area (Å²) in [6.45, 7) is 1.81. The van der Waals surface area contributed by atoms with E-state index in [2.05, 4.69) is 5.32 Å². The quantitative estimate of drug-likeness (QED) is 0.355. The molecule has 7 heteroatoms. The minimum absolute atomic E-state index is 0.0256. The zero-order valence-corrected chi connectivity index (χ0v) is 13.6. The zero-order valence-electron chi connectivity index (χ0n) is 12.0. The highest BCUT2D eigenvalue weighted by Crippen LogP contribution is 2.23. The molecular weight excluding hydrogens is 339 g/mol. The van der Waals surface area contributed by atoms with E-state index in [-0.39, 0.29) is 11.5 Å². The van der Waals surface area contributed by atoms with Gasteiger partial charge in [0.15, 0.2) is 5.78 Å². The number of nitrogens with zero attached hydrogens (tertiary/aromatic N) is 1. The number of nitrogens with one attached hydrogen (secondary N) is 1. The molecule has 0 radical (unpaired) electrons. The van der Waals surface area contributed by atoms with Gasteiger partial charge in [0.2, 0.25) is 0 Å². The highest BCUT2D eigenvalue weighted by Gasteiger charge is 2.08. The molecule has 0 saturated heterocycles. The Labute approximate surface area is 142 Å². The Bertz CT molecular complexity index is 804. The van der Waals surface area contributed by atoms with E-state index in [1.807, 2.05) is 0 Å². The van der Waals surface area contributed by atoms with Crippen LogP contribution in [0.15, 0.2) is 48.7 Å². The molecule has 0 aliphatic carbocycles. The number of nitro groups is 1. The minimum atomic E-state index is -0.477. The van der Waals surface area contributed by atoms with Gasteiger partial charge in [-0.2, -0.15) is 0 Å². The lowest BCUT2D eigenvalue weighted by Gasteiger charge is -2.05. The molecule has 0 bridgehead atoms. The van der Waals surface area contributed by atoms with Crippen LogP contribution in [0.1, 0.15) is 15.9 Å². The molecule has 0 heterocycles. The third-order valence-corrected chi connectivity index (χ3v) is 3.85. The van der Waals surface area contributed by atoms with Crippen molar-refractivity contribution in [3.63, 3.8) is 0 Å². The van der Waals surface area contributed by atoms with E-state index in [9.17, 15) is 14.9 Å². The predicted octanol–water partition coefficient (Wildman–Crippen LogP) is 5.02. The topological polar surface area (TPSA) is 72.2 Å². The van der Waals surface area contributed by atoms with Crippen molar-refractivity contribution in [3.05, 3.63) is 80.0 Å². The van der Waals surface area contributed by atoms with E-state index in [1.165, 1.54) is 30.5 Å². The van der Waals surface area contributed by atoms with Gasteiger partial charge < -0.3 is 5.32 Å². The van der Waals surface area contributed by atoms with E-state index >= 15 is 0 Å². The molecule has 118 valence electrons. The van der Waals surface area contributed by atoms with Crippen LogP contribution in [0.25, 0.3) is 0 Å². The van der Waals surface area contributed by atoms with Crippen molar-refractivity contribution >= 4 is 40.4 Å². The fourth-order valence-electron chi connectivity index (χ4n) is 1.83. The second-order valence-corrected chi connectivity index (χ2v) is 5.54. The Balaban J connectivity index is 2.12. The predicted molar refractivity (Wildman–Crippen MR) is 91.4 cm³/mol. The lowest BCUT2D eigenvalue weighted by Crippen LogP contribution is -1.98. The number of ketones is 1. The Morgan fingerprint density at radius 1 is 1.17 bits per heavy atom. The highest BCUT2D eigenvalue weighted by molar-refractivity contribution is 6.42. The molecule has 0 aliphatic heterocycles. The lowest BCUT2D eigenvalue weighted by atomic mass is 10.1. The summed E-state index contributed by atoms with van der Waals surface area (Å²) in [6.07, 6.45) is 2.74. The van der Waals surface area contributed by atoms with E-state index in [0.717, 1.165) is 5.56 Å². The van der Waals surface area contributed by atoms with Gasteiger partial charge in [0, 0.05) is 35.7 Å². The van der Waals surface area contributed by atoms with Crippen molar-refractivity contribution in [2.75, 3.05) is 5.32 Å². The van der Waals surface area contributed by atoms with Crippen LogP contribution >= 0.6 is 23.2 Å². The van der Waals surface area contributed by atoms with E-state index in [0.29, 0.717) is 21.3 Å². The smallest absolute Gasteiger partial charge is 0.271 e. The van der Waals surface area contributed by atoms with Crippen molar-refractivity contribution in [3.8, 4) is 0 Å². The Morgan fingerprint density at radius 3 is 2.57 bits per heavy atom. The molecule has 1 N–H and O–H groups in total. The SMILES string of the molecule is Cc1ccc([N+](=O)[O-])cc1N/C=C\C(=O)c1ccc(Cl)c(Cl)c1. The monoisotopic (exact) mass is 350 g/mol. The fourth-order valence-corrected chi connectivity index (χ4v) is 2.13. The molecular formula is C16H12Cl2N2O3. The molecule has 0 atom stereocenters. The second-order valence-electron chi connectivity index (χ2n) is 4.73. The average Bonchev–Trinajstić information content (AvgIpc) is 2.51. The molecule has 0 aliphatic rings. The molecule has 0 spiro atoms. The number of nitro benzene ring substituents is 1. The zero-order chi connectivity index (χ0) is 17.0. The van der Waals surface area contributed by atoms with E-state index < -0.39 is 4.92 Å². The molecule has 2 rings (SSSR count). The van der Waals surface area contributed by atoms with Gasteiger partial charge in [-0.15, -0.1) is 0 Å². The summed E-state index contributed by atoms with van der Waals surface area (Å²) >= 11 is 11.7. The first kappa shape index (κ1) is 17.0. The first-order valence-corrected chi connectivity index (χ1v) is 7.31. The number of rotatable bonds is 5. The molecule has 2 aromatic rings. The van der Waals surface area contributed by atoms with Crippen molar-refractivity contribution in [2.45, 2.75) is 6.92 Å². The summed E-state index contributed by atoms with van der Waals surface area (Å²) in [6, 6.07) is 9.06. The number of carbonyl (C=O) groups excluding carboxylic acids is 1. The van der Waals surface area contributed by atoms with Gasteiger partial charge in [0.05, 0.1) is 15.0 Å². The molecule has 2 aromatic carbocycles. The van der Waals surface area contributed by atoms with Crippen LogP contribution in [0.5, 0.6) is 0 Å². The standard InChI is InChI=1S/C16H12Cl2N2O3/c1-10-2-4-12(20(22)23)9-15(10)19-7-6-16(21)11-3-5-13(17)14(18)8-11/h2-9,19H,1H3/b7-6-. The number of allylic oxidation sites excluding steroid dienone is 1. The summed E-state index contributed by atoms with van der Waals surface area (Å²) in [5.41, 5.74) is 1.75. The van der Waals surface area contributed by atoms with Crippen LogP contribution in [-0.2, 0) is 0 Å². The number of hydrogen-bond donors (Lipinski definition) is 1. The summed E-state index contributed by atoms with van der Waals surface area (Å²) in [5.74, 6) is -0.265. The molecule has 0 amide bonds. The van der Waals surface area contributed by atoms with Gasteiger partial charge in [-0.1, -0.05) is 29.3 Å². The Kier molecular flexibility index (Phi) is 5.36. The molecule has 5 nitrogen and oxygen atoms in total. The molecule has 23 heavy (non-hydrogen) atoms. The molecule has 0 unspecified atom stereocenters. The van der Waals surface area contributed by atoms with Crippen LogP contribution in [0.4, 0.5) is 11.4 Å². The van der Waals surface area contributed by atoms with Crippen molar-refractivity contribution in [1.82, 2.24) is 0 Å². The number of non-ortho nitro benzene ring substituents is 1. The van der Waals surface area contributed by atoms with Gasteiger partial charge in [-0.05, 0) is 30.7 Å². The third kappa shape index (κ3) is 4.31. The third-order valence-electron chi connectivity index (χ3n) is 3.11. The Hall–Kier alpha value is -2.37. The molecule has 0 saturated carbocycles. The Morgan fingerprint density at radius 2 is 1.91 bits per heavy atom. The first-order valence-electron chi connectivity index (χ1n) is 6.56. The van der Waals surface area contributed by atoms with Gasteiger partial charge in [-0.3, -0.25) is 14.9 Å². The summed E-state index contributed by atoms with van der Waals surface area (Å²) in [7, 11) is 0.